The zero-order valence-electron chi connectivity index (χ0n) is 34.1. The summed E-state index contributed by atoms with van der Waals surface area (Å²) in [6, 6.07) is 92.0. The molecular weight excluding hydrogens is 749 g/mol. The molecule has 0 spiro atoms. The summed E-state index contributed by atoms with van der Waals surface area (Å²) in [4.78, 5) is 2.35. The lowest BCUT2D eigenvalue weighted by Gasteiger charge is -2.26. The van der Waals surface area contributed by atoms with E-state index >= 15 is 0 Å². The molecule has 2 heteroatoms. The molecule has 0 radical (unpaired) electrons. The van der Waals surface area contributed by atoms with E-state index in [9.17, 15) is 0 Å². The minimum atomic E-state index is 1.09. The highest BCUT2D eigenvalue weighted by atomic mass is 15.1. The molecule has 0 aliphatic rings. The highest BCUT2D eigenvalue weighted by Gasteiger charge is 2.16. The largest absolute Gasteiger partial charge is 0.311 e. The van der Waals surface area contributed by atoms with Crippen molar-refractivity contribution in [2.45, 2.75) is 0 Å². The Morgan fingerprint density at radius 1 is 0.226 bits per heavy atom. The van der Waals surface area contributed by atoms with Crippen molar-refractivity contribution in [1.29, 1.82) is 0 Å². The van der Waals surface area contributed by atoms with Gasteiger partial charge in [0.25, 0.3) is 0 Å². The van der Waals surface area contributed by atoms with Gasteiger partial charge in [0.2, 0.25) is 0 Å². The van der Waals surface area contributed by atoms with Crippen molar-refractivity contribution in [3.05, 3.63) is 255 Å². The van der Waals surface area contributed by atoms with E-state index in [-0.39, 0.29) is 0 Å². The first-order valence-corrected chi connectivity index (χ1v) is 21.2. The standard InChI is InChI=1S/C60H42N2/c1-3-14-43(15-4-1)48-18-11-20-50(40-48)45-28-34-53(35-29-45)61(54-36-30-46(31-37-54)51-21-12-19-49(41-51)44-16-5-2-6-17-44)55-38-32-47(33-39-55)52-22-13-23-56(42-52)62-59-26-9-7-24-57(59)58-25-8-10-27-60(58)62/h1-42H. The van der Waals surface area contributed by atoms with Crippen molar-refractivity contribution in [2.75, 3.05) is 4.90 Å². The van der Waals surface area contributed by atoms with Gasteiger partial charge in [-0.1, -0.05) is 182 Å². The first kappa shape index (κ1) is 36.8. The molecule has 0 atom stereocenters. The van der Waals surface area contributed by atoms with Gasteiger partial charge in [0.15, 0.2) is 0 Å². The summed E-state index contributed by atoms with van der Waals surface area (Å²) in [5.41, 5.74) is 18.8. The third-order valence-corrected chi connectivity index (χ3v) is 12.0. The monoisotopic (exact) mass is 790 g/mol. The van der Waals surface area contributed by atoms with Crippen molar-refractivity contribution in [2.24, 2.45) is 0 Å². The maximum atomic E-state index is 2.38. The van der Waals surface area contributed by atoms with E-state index in [0.717, 1.165) is 22.7 Å². The Balaban J connectivity index is 0.950. The fourth-order valence-electron chi connectivity index (χ4n) is 8.90. The summed E-state index contributed by atoms with van der Waals surface area (Å²) in [5, 5.41) is 2.53. The summed E-state index contributed by atoms with van der Waals surface area (Å²) in [5.74, 6) is 0. The SMILES string of the molecule is c1ccc(-c2cccc(-c3ccc(N(c4ccc(-c5cccc(-c6ccccc6)c5)cc4)c4ccc(-c5cccc(-n6c7ccccc7c7ccccc76)c5)cc4)cc3)c2)cc1. The minimum Gasteiger partial charge on any atom is -0.311 e. The number of hydrogen-bond donors (Lipinski definition) is 0. The van der Waals surface area contributed by atoms with Crippen LogP contribution in [0, 0.1) is 0 Å². The summed E-state index contributed by atoms with van der Waals surface area (Å²) < 4.78 is 2.38. The van der Waals surface area contributed by atoms with Gasteiger partial charge in [-0.2, -0.15) is 0 Å². The number of para-hydroxylation sites is 2. The summed E-state index contributed by atoms with van der Waals surface area (Å²) in [6.45, 7) is 0. The number of benzene rings is 10. The Kier molecular flexibility index (Phi) is 9.57. The molecule has 1 aromatic heterocycles. The van der Waals surface area contributed by atoms with E-state index in [1.165, 1.54) is 77.4 Å². The Morgan fingerprint density at radius 2 is 0.532 bits per heavy atom. The Hall–Kier alpha value is -8.20. The smallest absolute Gasteiger partial charge is 0.0541 e. The lowest BCUT2D eigenvalue weighted by Crippen LogP contribution is -2.09. The molecule has 0 saturated heterocycles. The first-order valence-electron chi connectivity index (χ1n) is 21.2. The molecule has 1 heterocycles. The molecule has 292 valence electrons. The molecule has 11 rings (SSSR count). The van der Waals surface area contributed by atoms with Crippen LogP contribution < -0.4 is 4.90 Å². The third-order valence-electron chi connectivity index (χ3n) is 12.0. The predicted octanol–water partition coefficient (Wildman–Crippen LogP) is 16.6. The summed E-state index contributed by atoms with van der Waals surface area (Å²) in [6.07, 6.45) is 0. The van der Waals surface area contributed by atoms with Crippen molar-refractivity contribution in [1.82, 2.24) is 4.57 Å². The molecule has 0 aliphatic carbocycles. The van der Waals surface area contributed by atoms with E-state index in [1.807, 2.05) is 0 Å². The van der Waals surface area contributed by atoms with E-state index in [4.69, 9.17) is 0 Å². The van der Waals surface area contributed by atoms with Crippen LogP contribution in [0.15, 0.2) is 255 Å². The van der Waals surface area contributed by atoms with Crippen LogP contribution in [0.2, 0.25) is 0 Å². The van der Waals surface area contributed by atoms with E-state index < -0.39 is 0 Å². The molecule has 2 nitrogen and oxygen atoms in total. The normalized spacial score (nSPS) is 11.2. The average Bonchev–Trinajstić information content (AvgIpc) is 3.70. The molecule has 0 N–H and O–H groups in total. The van der Waals surface area contributed by atoms with Gasteiger partial charge in [0.1, 0.15) is 0 Å². The fraction of sp³-hybridized carbons (Fsp3) is 0. The second kappa shape index (κ2) is 16.1. The predicted molar refractivity (Wildman–Crippen MR) is 263 cm³/mol. The van der Waals surface area contributed by atoms with Crippen LogP contribution in [0.5, 0.6) is 0 Å². The number of aromatic nitrogens is 1. The molecule has 0 unspecified atom stereocenters. The minimum absolute atomic E-state index is 1.09. The zero-order chi connectivity index (χ0) is 41.2. The van der Waals surface area contributed by atoms with Crippen LogP contribution in [0.3, 0.4) is 0 Å². The van der Waals surface area contributed by atoms with Gasteiger partial charge in [-0.3, -0.25) is 0 Å². The number of hydrogen-bond acceptors (Lipinski definition) is 1. The van der Waals surface area contributed by atoms with Gasteiger partial charge >= 0.3 is 0 Å². The Labute approximate surface area is 362 Å². The van der Waals surface area contributed by atoms with Crippen LogP contribution in [0.1, 0.15) is 0 Å². The van der Waals surface area contributed by atoms with Crippen LogP contribution >= 0.6 is 0 Å². The second-order valence-corrected chi connectivity index (χ2v) is 15.8. The zero-order valence-corrected chi connectivity index (χ0v) is 34.1. The molecule has 0 aliphatic heterocycles. The van der Waals surface area contributed by atoms with Crippen LogP contribution in [0.25, 0.3) is 83.1 Å². The maximum Gasteiger partial charge on any atom is 0.0541 e. The van der Waals surface area contributed by atoms with Crippen molar-refractivity contribution >= 4 is 38.9 Å². The summed E-state index contributed by atoms with van der Waals surface area (Å²) in [7, 11) is 0. The lowest BCUT2D eigenvalue weighted by atomic mass is 9.98. The number of rotatable bonds is 9. The van der Waals surface area contributed by atoms with Gasteiger partial charge in [-0.15, -0.1) is 0 Å². The van der Waals surface area contributed by atoms with Gasteiger partial charge < -0.3 is 9.47 Å². The lowest BCUT2D eigenvalue weighted by molar-refractivity contribution is 1.18. The van der Waals surface area contributed by atoms with E-state index in [2.05, 4.69) is 264 Å². The van der Waals surface area contributed by atoms with Crippen molar-refractivity contribution in [3.63, 3.8) is 0 Å². The number of nitrogens with zero attached hydrogens (tertiary/aromatic N) is 2. The van der Waals surface area contributed by atoms with Gasteiger partial charge in [0.05, 0.1) is 11.0 Å². The van der Waals surface area contributed by atoms with Gasteiger partial charge in [0, 0.05) is 33.5 Å². The number of fused-ring (bicyclic) bond motifs is 3. The van der Waals surface area contributed by atoms with Gasteiger partial charge in [-0.25, -0.2) is 0 Å². The van der Waals surface area contributed by atoms with Crippen LogP contribution in [-0.4, -0.2) is 4.57 Å². The Bertz CT molecular complexity index is 3130. The highest BCUT2D eigenvalue weighted by molar-refractivity contribution is 6.09. The quantitative estimate of drug-likeness (QED) is 0.141. The number of anilines is 3. The molecule has 0 bridgehead atoms. The highest BCUT2D eigenvalue weighted by Crippen LogP contribution is 2.39. The Morgan fingerprint density at radius 3 is 0.935 bits per heavy atom. The molecule has 62 heavy (non-hydrogen) atoms. The summed E-state index contributed by atoms with van der Waals surface area (Å²) >= 11 is 0. The molecule has 0 amide bonds. The van der Waals surface area contributed by atoms with Crippen LogP contribution in [-0.2, 0) is 0 Å². The maximum absolute atomic E-state index is 2.38. The molecule has 10 aromatic carbocycles. The van der Waals surface area contributed by atoms with E-state index in [0.29, 0.717) is 0 Å². The topological polar surface area (TPSA) is 8.17 Å². The second-order valence-electron chi connectivity index (χ2n) is 15.8. The fourth-order valence-corrected chi connectivity index (χ4v) is 8.90. The molecule has 11 aromatic rings. The average molecular weight is 791 g/mol. The van der Waals surface area contributed by atoms with Crippen molar-refractivity contribution < 1.29 is 0 Å². The van der Waals surface area contributed by atoms with Gasteiger partial charge in [-0.05, 0) is 128 Å². The van der Waals surface area contributed by atoms with Crippen molar-refractivity contribution in [3.8, 4) is 61.3 Å². The molecule has 0 saturated carbocycles. The third kappa shape index (κ3) is 7.04. The molecule has 0 fully saturated rings. The molecular formula is C60H42N2. The van der Waals surface area contributed by atoms with E-state index in [1.54, 1.807) is 0 Å². The first-order chi connectivity index (χ1) is 30.7. The van der Waals surface area contributed by atoms with Crippen LogP contribution in [0.4, 0.5) is 17.1 Å².